The molecule has 1 atom stereocenters. The van der Waals surface area contributed by atoms with Crippen LogP contribution in [0.5, 0.6) is 0 Å². The number of amides is 2. The highest BCUT2D eigenvalue weighted by atomic mass is 35.5. The van der Waals surface area contributed by atoms with E-state index < -0.39 is 6.04 Å². The van der Waals surface area contributed by atoms with Crippen LogP contribution in [0.25, 0.3) is 0 Å². The molecule has 0 aliphatic carbocycles. The van der Waals surface area contributed by atoms with E-state index in [-0.39, 0.29) is 11.8 Å². The first kappa shape index (κ1) is 14.6. The van der Waals surface area contributed by atoms with Crippen LogP contribution in [0.15, 0.2) is 36.5 Å². The zero-order chi connectivity index (χ0) is 15.7. The molecule has 1 aromatic carbocycles. The number of aromatic nitrogens is 2. The van der Waals surface area contributed by atoms with Crippen molar-refractivity contribution in [1.82, 2.24) is 20.0 Å². The second-order valence-electron chi connectivity index (χ2n) is 5.05. The van der Waals surface area contributed by atoms with Crippen molar-refractivity contribution in [1.29, 1.82) is 0 Å². The number of hydrogen-bond acceptors (Lipinski definition) is 3. The summed E-state index contributed by atoms with van der Waals surface area (Å²) in [6, 6.07) is 7.98. The molecule has 0 saturated carbocycles. The Hall–Kier alpha value is -2.34. The molecule has 1 N–H and O–H groups in total. The molecular formula is C15H15ClN4O2. The molecule has 1 aliphatic rings. The lowest BCUT2D eigenvalue weighted by atomic mass is 10.0. The van der Waals surface area contributed by atoms with Gasteiger partial charge in [0.05, 0.1) is 0 Å². The number of piperazine rings is 1. The van der Waals surface area contributed by atoms with E-state index in [0.717, 1.165) is 0 Å². The molecule has 7 heteroatoms. The number of rotatable bonds is 2. The zero-order valence-electron chi connectivity index (χ0n) is 12.0. The third kappa shape index (κ3) is 2.46. The summed E-state index contributed by atoms with van der Waals surface area (Å²) in [5, 5.41) is 7.26. The fraction of sp³-hybridized carbons (Fsp3) is 0.267. The Kier molecular flexibility index (Phi) is 3.85. The van der Waals surface area contributed by atoms with E-state index in [1.807, 2.05) is 0 Å². The number of benzene rings is 1. The molecule has 3 rings (SSSR count). The molecular weight excluding hydrogens is 304 g/mol. The summed E-state index contributed by atoms with van der Waals surface area (Å²) in [7, 11) is 1.70. The molecule has 0 bridgehead atoms. The van der Waals surface area contributed by atoms with E-state index in [4.69, 9.17) is 11.6 Å². The van der Waals surface area contributed by atoms with Gasteiger partial charge in [-0.2, -0.15) is 5.10 Å². The lowest BCUT2D eigenvalue weighted by molar-refractivity contribution is -0.128. The Balaban J connectivity index is 2.01. The number of hydrogen-bond donors (Lipinski definition) is 1. The van der Waals surface area contributed by atoms with Gasteiger partial charge in [0.15, 0.2) is 0 Å². The van der Waals surface area contributed by atoms with Crippen LogP contribution in [0, 0.1) is 0 Å². The van der Waals surface area contributed by atoms with Gasteiger partial charge in [-0.15, -0.1) is 0 Å². The van der Waals surface area contributed by atoms with Gasteiger partial charge in [-0.1, -0.05) is 29.8 Å². The maximum Gasteiger partial charge on any atom is 0.273 e. The topological polar surface area (TPSA) is 67.2 Å². The third-order valence-electron chi connectivity index (χ3n) is 3.71. The Morgan fingerprint density at radius 1 is 1.36 bits per heavy atom. The average molecular weight is 319 g/mol. The molecule has 0 radical (unpaired) electrons. The lowest BCUT2D eigenvalue weighted by Crippen LogP contribution is -2.52. The van der Waals surface area contributed by atoms with Crippen LogP contribution in [0.1, 0.15) is 22.1 Å². The van der Waals surface area contributed by atoms with E-state index in [0.29, 0.717) is 29.4 Å². The summed E-state index contributed by atoms with van der Waals surface area (Å²) in [4.78, 5) is 26.6. The molecule has 6 nitrogen and oxygen atoms in total. The highest BCUT2D eigenvalue weighted by molar-refractivity contribution is 6.31. The summed E-state index contributed by atoms with van der Waals surface area (Å²) in [6.45, 7) is 0.842. The lowest BCUT2D eigenvalue weighted by Gasteiger charge is -2.35. The summed E-state index contributed by atoms with van der Waals surface area (Å²) in [5.41, 5.74) is 1.06. The highest BCUT2D eigenvalue weighted by Crippen LogP contribution is 2.30. The highest BCUT2D eigenvalue weighted by Gasteiger charge is 2.36. The second-order valence-corrected chi connectivity index (χ2v) is 5.46. The summed E-state index contributed by atoms with van der Waals surface area (Å²) in [5.74, 6) is -0.463. The van der Waals surface area contributed by atoms with Crippen molar-refractivity contribution in [3.63, 3.8) is 0 Å². The normalized spacial score (nSPS) is 18.2. The van der Waals surface area contributed by atoms with Crippen molar-refractivity contribution in [3.8, 4) is 0 Å². The number of aryl methyl sites for hydroxylation is 1. The first-order valence-corrected chi connectivity index (χ1v) is 7.28. The molecule has 0 spiro atoms. The van der Waals surface area contributed by atoms with E-state index in [2.05, 4.69) is 10.4 Å². The quantitative estimate of drug-likeness (QED) is 0.910. The Bertz CT molecular complexity index is 728. The molecule has 1 aliphatic heterocycles. The number of nitrogens with zero attached hydrogens (tertiary/aromatic N) is 3. The zero-order valence-corrected chi connectivity index (χ0v) is 12.7. The smallest absolute Gasteiger partial charge is 0.273 e. The number of carbonyl (C=O) groups excluding carboxylic acids is 2. The minimum atomic E-state index is -0.732. The van der Waals surface area contributed by atoms with Crippen molar-refractivity contribution in [3.05, 3.63) is 52.8 Å². The van der Waals surface area contributed by atoms with Crippen LogP contribution in [-0.4, -0.2) is 39.6 Å². The Morgan fingerprint density at radius 3 is 2.82 bits per heavy atom. The summed E-state index contributed by atoms with van der Waals surface area (Å²) < 4.78 is 1.50. The van der Waals surface area contributed by atoms with Gasteiger partial charge < -0.3 is 10.2 Å². The SMILES string of the molecule is Cn1nccc1C(=O)N1CCNC(=O)[C@@H]1c1ccccc1Cl. The molecule has 0 unspecified atom stereocenters. The van der Waals surface area contributed by atoms with Crippen molar-refractivity contribution < 1.29 is 9.59 Å². The van der Waals surface area contributed by atoms with Gasteiger partial charge in [0.2, 0.25) is 5.91 Å². The molecule has 2 aromatic rings. The van der Waals surface area contributed by atoms with Gasteiger partial charge in [0.1, 0.15) is 11.7 Å². The Labute approximate surface area is 132 Å². The number of carbonyl (C=O) groups is 2. The van der Waals surface area contributed by atoms with E-state index >= 15 is 0 Å². The van der Waals surface area contributed by atoms with Gasteiger partial charge in [-0.25, -0.2) is 0 Å². The summed E-state index contributed by atoms with van der Waals surface area (Å²) >= 11 is 6.21. The van der Waals surface area contributed by atoms with Crippen LogP contribution in [0.4, 0.5) is 0 Å². The van der Waals surface area contributed by atoms with Crippen LogP contribution in [0.3, 0.4) is 0 Å². The van der Waals surface area contributed by atoms with Gasteiger partial charge in [-0.3, -0.25) is 14.3 Å². The first-order valence-electron chi connectivity index (χ1n) is 6.90. The van der Waals surface area contributed by atoms with Crippen LogP contribution < -0.4 is 5.32 Å². The van der Waals surface area contributed by atoms with Crippen LogP contribution >= 0.6 is 11.6 Å². The van der Waals surface area contributed by atoms with E-state index in [1.165, 1.54) is 9.58 Å². The monoisotopic (exact) mass is 318 g/mol. The molecule has 22 heavy (non-hydrogen) atoms. The predicted molar refractivity (Wildman–Crippen MR) is 81.4 cm³/mol. The van der Waals surface area contributed by atoms with E-state index in [9.17, 15) is 9.59 Å². The second kappa shape index (κ2) is 5.81. The molecule has 1 aromatic heterocycles. The van der Waals surface area contributed by atoms with Crippen molar-refractivity contribution in [2.75, 3.05) is 13.1 Å². The molecule has 2 heterocycles. The van der Waals surface area contributed by atoms with Gasteiger partial charge >= 0.3 is 0 Å². The number of nitrogens with one attached hydrogen (secondary N) is 1. The Morgan fingerprint density at radius 2 is 2.14 bits per heavy atom. The minimum Gasteiger partial charge on any atom is -0.352 e. The molecule has 114 valence electrons. The van der Waals surface area contributed by atoms with Crippen molar-refractivity contribution in [2.45, 2.75) is 6.04 Å². The standard InChI is InChI=1S/C15H15ClN4O2/c1-19-12(6-7-18-19)15(22)20-9-8-17-14(21)13(20)10-4-2-3-5-11(10)16/h2-7,13H,8-9H2,1H3,(H,17,21)/t13-/m0/s1. The molecule has 1 fully saturated rings. The maximum atomic E-state index is 12.8. The van der Waals surface area contributed by atoms with Crippen LogP contribution in [-0.2, 0) is 11.8 Å². The molecule has 2 amide bonds. The number of halogens is 1. The van der Waals surface area contributed by atoms with Crippen molar-refractivity contribution >= 4 is 23.4 Å². The van der Waals surface area contributed by atoms with E-state index in [1.54, 1.807) is 43.6 Å². The largest absolute Gasteiger partial charge is 0.352 e. The average Bonchev–Trinajstić information content (AvgIpc) is 2.93. The van der Waals surface area contributed by atoms with Crippen molar-refractivity contribution in [2.24, 2.45) is 7.05 Å². The predicted octanol–water partition coefficient (Wildman–Crippen LogP) is 1.39. The fourth-order valence-electron chi connectivity index (χ4n) is 2.62. The minimum absolute atomic E-state index is 0.227. The fourth-order valence-corrected chi connectivity index (χ4v) is 2.86. The maximum absolute atomic E-state index is 12.8. The summed E-state index contributed by atoms with van der Waals surface area (Å²) in [6.07, 6.45) is 1.56. The van der Waals surface area contributed by atoms with Gasteiger partial charge in [-0.05, 0) is 12.1 Å². The molecule has 1 saturated heterocycles. The van der Waals surface area contributed by atoms with Crippen LogP contribution in [0.2, 0.25) is 5.02 Å². The van der Waals surface area contributed by atoms with Gasteiger partial charge in [0.25, 0.3) is 5.91 Å². The third-order valence-corrected chi connectivity index (χ3v) is 4.06. The van der Waals surface area contributed by atoms with Gasteiger partial charge in [0, 0.05) is 36.9 Å². The first-order chi connectivity index (χ1) is 10.6.